The molecule has 0 aromatic carbocycles. The summed E-state index contributed by atoms with van der Waals surface area (Å²) in [6, 6.07) is 6.38. The molecule has 2 aromatic rings. The molecular weight excluding hydrogens is 214 g/mol. The largest absolute Gasteiger partial charge is 0.264 e. The quantitative estimate of drug-likeness (QED) is 0.762. The molecule has 2 heterocycles. The van der Waals surface area contributed by atoms with E-state index in [9.17, 15) is 0 Å². The summed E-state index contributed by atoms with van der Waals surface area (Å²) in [5.74, 6) is 0. The molecule has 1 nitrogen and oxygen atoms in total. The Hall–Kier alpha value is -1.41. The van der Waals surface area contributed by atoms with Crippen LogP contribution >= 0.6 is 11.3 Å². The van der Waals surface area contributed by atoms with Gasteiger partial charge in [0.2, 0.25) is 0 Å². The van der Waals surface area contributed by atoms with Crippen LogP contribution in [0.4, 0.5) is 0 Å². The van der Waals surface area contributed by atoms with Gasteiger partial charge in [0.05, 0.1) is 0 Å². The minimum absolute atomic E-state index is 1.04. The van der Waals surface area contributed by atoms with E-state index in [2.05, 4.69) is 28.6 Å². The van der Waals surface area contributed by atoms with Gasteiger partial charge in [0.1, 0.15) is 0 Å². The van der Waals surface area contributed by atoms with Crippen LogP contribution in [-0.2, 0) is 12.8 Å². The van der Waals surface area contributed by atoms with Gasteiger partial charge in [-0.3, -0.25) is 4.98 Å². The zero-order chi connectivity index (χ0) is 10.8. The van der Waals surface area contributed by atoms with Crippen molar-refractivity contribution in [2.24, 2.45) is 0 Å². The standard InChI is InChI=1S/C14H13NS/c1-2-12(10-15-6-1)8-11-3-4-14-13(9-11)5-7-16-14/h1-2,5-7,9-10H,3-4,8H2. The van der Waals surface area contributed by atoms with E-state index in [1.54, 1.807) is 0 Å². The summed E-state index contributed by atoms with van der Waals surface area (Å²) in [7, 11) is 0. The van der Waals surface area contributed by atoms with E-state index in [0.717, 1.165) is 6.42 Å². The summed E-state index contributed by atoms with van der Waals surface area (Å²) >= 11 is 1.88. The molecule has 0 bridgehead atoms. The summed E-state index contributed by atoms with van der Waals surface area (Å²) < 4.78 is 0. The second-order valence-electron chi connectivity index (χ2n) is 4.14. The van der Waals surface area contributed by atoms with E-state index >= 15 is 0 Å². The molecule has 1 aliphatic carbocycles. The van der Waals surface area contributed by atoms with Crippen molar-refractivity contribution in [3.63, 3.8) is 0 Å². The van der Waals surface area contributed by atoms with E-state index in [0.29, 0.717) is 0 Å². The van der Waals surface area contributed by atoms with Gasteiger partial charge in [-0.2, -0.15) is 0 Å². The van der Waals surface area contributed by atoms with Crippen LogP contribution < -0.4 is 0 Å². The summed E-state index contributed by atoms with van der Waals surface area (Å²) in [4.78, 5) is 5.70. The number of hydrogen-bond acceptors (Lipinski definition) is 2. The molecule has 0 fully saturated rings. The number of pyridine rings is 1. The fourth-order valence-corrected chi connectivity index (χ4v) is 3.01. The molecule has 0 saturated carbocycles. The smallest absolute Gasteiger partial charge is 0.0303 e. The van der Waals surface area contributed by atoms with Crippen LogP contribution in [0.2, 0.25) is 0 Å². The zero-order valence-electron chi connectivity index (χ0n) is 9.02. The lowest BCUT2D eigenvalue weighted by Gasteiger charge is -2.13. The number of aromatic nitrogens is 1. The third-order valence-corrected chi connectivity index (χ3v) is 3.96. The van der Waals surface area contributed by atoms with Crippen molar-refractivity contribution in [1.82, 2.24) is 4.98 Å². The molecule has 80 valence electrons. The first-order chi connectivity index (χ1) is 7.92. The molecule has 0 radical (unpaired) electrons. The van der Waals surface area contributed by atoms with E-state index in [4.69, 9.17) is 0 Å². The summed E-state index contributed by atoms with van der Waals surface area (Å²) in [5.41, 5.74) is 4.27. The third kappa shape index (κ3) is 1.93. The molecule has 0 spiro atoms. The molecule has 2 aromatic heterocycles. The molecular formula is C14H13NS. The number of rotatable bonds is 2. The Labute approximate surface area is 99.5 Å². The molecule has 0 amide bonds. The van der Waals surface area contributed by atoms with Crippen LogP contribution in [0.25, 0.3) is 6.08 Å². The van der Waals surface area contributed by atoms with Crippen molar-refractivity contribution in [1.29, 1.82) is 0 Å². The van der Waals surface area contributed by atoms with Crippen LogP contribution in [0.5, 0.6) is 0 Å². The first-order valence-corrected chi connectivity index (χ1v) is 6.44. The van der Waals surface area contributed by atoms with Gasteiger partial charge in [0.15, 0.2) is 0 Å². The Morgan fingerprint density at radius 3 is 3.12 bits per heavy atom. The first-order valence-electron chi connectivity index (χ1n) is 5.56. The molecule has 0 N–H and O–H groups in total. The summed E-state index contributed by atoms with van der Waals surface area (Å²) in [6.07, 6.45) is 9.59. The monoisotopic (exact) mass is 227 g/mol. The van der Waals surface area contributed by atoms with Crippen LogP contribution in [0.1, 0.15) is 22.4 Å². The van der Waals surface area contributed by atoms with Gasteiger partial charge >= 0.3 is 0 Å². The van der Waals surface area contributed by atoms with Crippen molar-refractivity contribution >= 4 is 17.4 Å². The van der Waals surface area contributed by atoms with Gasteiger partial charge in [0.25, 0.3) is 0 Å². The lowest BCUT2D eigenvalue weighted by atomic mass is 9.94. The zero-order valence-corrected chi connectivity index (χ0v) is 9.83. The molecule has 3 rings (SSSR count). The molecule has 0 aliphatic heterocycles. The van der Waals surface area contributed by atoms with Crippen LogP contribution in [0.15, 0.2) is 41.5 Å². The number of allylic oxidation sites excluding steroid dienone is 1. The maximum absolute atomic E-state index is 4.16. The van der Waals surface area contributed by atoms with Gasteiger partial charge < -0.3 is 0 Å². The molecule has 16 heavy (non-hydrogen) atoms. The van der Waals surface area contributed by atoms with Crippen molar-refractivity contribution in [2.75, 3.05) is 0 Å². The highest BCUT2D eigenvalue weighted by Gasteiger charge is 2.11. The predicted molar refractivity (Wildman–Crippen MR) is 68.6 cm³/mol. The summed E-state index contributed by atoms with van der Waals surface area (Å²) in [5, 5.41) is 2.19. The Morgan fingerprint density at radius 2 is 2.25 bits per heavy atom. The Morgan fingerprint density at radius 1 is 1.25 bits per heavy atom. The number of thiophene rings is 1. The molecule has 1 aliphatic rings. The van der Waals surface area contributed by atoms with E-state index in [1.807, 2.05) is 29.8 Å². The van der Waals surface area contributed by atoms with Crippen molar-refractivity contribution in [2.45, 2.75) is 19.3 Å². The fraction of sp³-hybridized carbons (Fsp3) is 0.214. The van der Waals surface area contributed by atoms with Gasteiger partial charge in [-0.25, -0.2) is 0 Å². The number of hydrogen-bond donors (Lipinski definition) is 0. The van der Waals surface area contributed by atoms with Crippen molar-refractivity contribution in [3.8, 4) is 0 Å². The topological polar surface area (TPSA) is 12.9 Å². The third-order valence-electron chi connectivity index (χ3n) is 2.97. The van der Waals surface area contributed by atoms with Crippen molar-refractivity contribution in [3.05, 3.63) is 57.6 Å². The Balaban J connectivity index is 1.83. The highest BCUT2D eigenvalue weighted by Crippen LogP contribution is 2.29. The van der Waals surface area contributed by atoms with Gasteiger partial charge in [-0.1, -0.05) is 17.7 Å². The minimum Gasteiger partial charge on any atom is -0.264 e. The van der Waals surface area contributed by atoms with Gasteiger partial charge in [-0.05, 0) is 47.9 Å². The number of nitrogens with zero attached hydrogens (tertiary/aromatic N) is 1. The fourth-order valence-electron chi connectivity index (χ4n) is 2.15. The predicted octanol–water partition coefficient (Wildman–Crippen LogP) is 3.72. The molecule has 0 saturated heterocycles. The lowest BCUT2D eigenvalue weighted by Crippen LogP contribution is -1.99. The maximum Gasteiger partial charge on any atom is 0.0303 e. The highest BCUT2D eigenvalue weighted by molar-refractivity contribution is 7.10. The molecule has 0 unspecified atom stereocenters. The van der Waals surface area contributed by atoms with Crippen LogP contribution in [0.3, 0.4) is 0 Å². The highest BCUT2D eigenvalue weighted by atomic mass is 32.1. The van der Waals surface area contributed by atoms with Gasteiger partial charge in [0, 0.05) is 17.3 Å². The lowest BCUT2D eigenvalue weighted by molar-refractivity contribution is 0.901. The van der Waals surface area contributed by atoms with Crippen molar-refractivity contribution < 1.29 is 0 Å². The second kappa shape index (κ2) is 4.22. The van der Waals surface area contributed by atoms with E-state index in [-0.39, 0.29) is 0 Å². The van der Waals surface area contributed by atoms with Crippen LogP contribution in [-0.4, -0.2) is 4.98 Å². The maximum atomic E-state index is 4.16. The normalized spacial score (nSPS) is 14.4. The average Bonchev–Trinajstić information content (AvgIpc) is 2.77. The Kier molecular flexibility index (Phi) is 2.58. The van der Waals surface area contributed by atoms with E-state index < -0.39 is 0 Å². The van der Waals surface area contributed by atoms with Gasteiger partial charge in [-0.15, -0.1) is 11.3 Å². The van der Waals surface area contributed by atoms with Crippen LogP contribution in [0, 0.1) is 0 Å². The minimum atomic E-state index is 1.04. The first kappa shape index (κ1) is 9.79. The summed E-state index contributed by atoms with van der Waals surface area (Å²) in [6.45, 7) is 0. The average molecular weight is 227 g/mol. The number of fused-ring (bicyclic) bond motifs is 1. The number of aryl methyl sites for hydroxylation is 1. The van der Waals surface area contributed by atoms with E-state index in [1.165, 1.54) is 34.4 Å². The Bertz CT molecular complexity index is 511. The molecule has 2 heteroatoms. The SMILES string of the molecule is C1=C(Cc2cccnc2)CCc2sccc21. The molecule has 0 atom stereocenters. The second-order valence-corrected chi connectivity index (χ2v) is 5.14.